The molecular weight excluding hydrogens is 398 g/mol. The van der Waals surface area contributed by atoms with Gasteiger partial charge < -0.3 is 9.59 Å². The van der Waals surface area contributed by atoms with E-state index in [1.807, 2.05) is 0 Å². The molecule has 1 heterocycles. The summed E-state index contributed by atoms with van der Waals surface area (Å²) in [5.74, 6) is -0.684. The Labute approximate surface area is 143 Å². The van der Waals surface area contributed by atoms with E-state index in [0.29, 0.717) is 0 Å². The van der Waals surface area contributed by atoms with Crippen LogP contribution in [0.25, 0.3) is 0 Å². The van der Waals surface area contributed by atoms with Gasteiger partial charge in [0.25, 0.3) is 0 Å². The fourth-order valence-corrected chi connectivity index (χ4v) is 3.91. The van der Waals surface area contributed by atoms with Gasteiger partial charge in [-0.3, -0.25) is 4.79 Å². The molecule has 0 spiro atoms. The molecule has 0 unspecified atom stereocenters. The van der Waals surface area contributed by atoms with Crippen molar-refractivity contribution in [2.24, 2.45) is 0 Å². The van der Waals surface area contributed by atoms with Gasteiger partial charge >= 0.3 is 5.97 Å². The number of carbonyl (C=O) groups is 1. The molecule has 1 aromatic carbocycles. The van der Waals surface area contributed by atoms with E-state index in [-0.39, 0.29) is 6.42 Å². The lowest BCUT2D eigenvalue weighted by atomic mass is 10.0. The van der Waals surface area contributed by atoms with Gasteiger partial charge in [0.15, 0.2) is 0 Å². The lowest BCUT2D eigenvalue weighted by Crippen LogP contribution is -2.51. The molecule has 1 aliphatic rings. The van der Waals surface area contributed by atoms with Gasteiger partial charge in [-0.25, -0.2) is 0 Å². The predicted octanol–water partition coefficient (Wildman–Crippen LogP) is 4.58. The van der Waals surface area contributed by atoms with E-state index in [9.17, 15) is 4.79 Å². The van der Waals surface area contributed by atoms with Gasteiger partial charge in [-0.2, -0.15) is 0 Å². The molecule has 0 aliphatic carbocycles. The van der Waals surface area contributed by atoms with Crippen molar-refractivity contribution < 1.29 is 14.4 Å². The highest BCUT2D eigenvalue weighted by Gasteiger charge is 2.30. The van der Waals surface area contributed by atoms with Crippen molar-refractivity contribution in [1.29, 1.82) is 0 Å². The van der Waals surface area contributed by atoms with E-state index >= 15 is 0 Å². The Morgan fingerprint density at radius 3 is 2.48 bits per heavy atom. The fourth-order valence-electron chi connectivity index (χ4n) is 3.23. The summed E-state index contributed by atoms with van der Waals surface area (Å²) in [5.41, 5.74) is 1.32. The van der Waals surface area contributed by atoms with Crippen molar-refractivity contribution >= 4 is 37.8 Å². The minimum Gasteiger partial charge on any atom is -0.481 e. The first-order chi connectivity index (χ1) is 10.0. The van der Waals surface area contributed by atoms with Crippen molar-refractivity contribution in [3.63, 3.8) is 0 Å². The molecular formula is C16H22Br2NO2+. The van der Waals surface area contributed by atoms with E-state index in [0.717, 1.165) is 32.9 Å². The van der Waals surface area contributed by atoms with Crippen molar-refractivity contribution in [1.82, 2.24) is 0 Å². The number of likely N-dealkylation sites (tertiary alicyclic amines) is 1. The lowest BCUT2D eigenvalue weighted by Gasteiger charge is -2.42. The van der Waals surface area contributed by atoms with Crippen LogP contribution in [0.15, 0.2) is 27.1 Å². The minimum absolute atomic E-state index is 0.282. The van der Waals surface area contributed by atoms with Crippen LogP contribution in [-0.2, 0) is 11.3 Å². The third-order valence-corrected chi connectivity index (χ3v) is 6.17. The Morgan fingerprint density at radius 1 is 1.14 bits per heavy atom. The number of carboxylic acid groups (broad SMARTS) is 1. The maximum absolute atomic E-state index is 10.8. The van der Waals surface area contributed by atoms with Gasteiger partial charge in [0.1, 0.15) is 6.54 Å². The number of carboxylic acids is 1. The van der Waals surface area contributed by atoms with E-state index in [2.05, 4.69) is 50.1 Å². The largest absolute Gasteiger partial charge is 0.481 e. The average molecular weight is 420 g/mol. The van der Waals surface area contributed by atoms with Crippen LogP contribution in [0.1, 0.15) is 37.7 Å². The molecule has 1 saturated heterocycles. The number of benzene rings is 1. The average Bonchev–Trinajstić information content (AvgIpc) is 2.43. The molecule has 0 atom stereocenters. The van der Waals surface area contributed by atoms with Crippen molar-refractivity contribution in [3.05, 3.63) is 32.7 Å². The van der Waals surface area contributed by atoms with Crippen molar-refractivity contribution in [2.45, 2.75) is 38.6 Å². The molecule has 1 N–H and O–H groups in total. The smallest absolute Gasteiger partial charge is 0.303 e. The summed E-state index contributed by atoms with van der Waals surface area (Å²) in [6.45, 7) is 4.33. The molecule has 2 rings (SSSR count). The summed E-state index contributed by atoms with van der Waals surface area (Å²) in [4.78, 5) is 10.8. The third-order valence-electron chi connectivity index (χ3n) is 4.29. The minimum atomic E-state index is -0.684. The molecule has 21 heavy (non-hydrogen) atoms. The van der Waals surface area contributed by atoms with Crippen LogP contribution in [0.5, 0.6) is 0 Å². The number of hydrogen-bond acceptors (Lipinski definition) is 1. The second kappa shape index (κ2) is 7.75. The molecule has 0 amide bonds. The number of aliphatic carboxylic acids is 1. The molecule has 1 fully saturated rings. The van der Waals surface area contributed by atoms with Gasteiger partial charge in [0.05, 0.1) is 26.1 Å². The highest BCUT2D eigenvalue weighted by atomic mass is 79.9. The molecule has 5 heteroatoms. The molecule has 0 saturated carbocycles. The Morgan fingerprint density at radius 2 is 1.86 bits per heavy atom. The topological polar surface area (TPSA) is 37.3 Å². The van der Waals surface area contributed by atoms with Crippen molar-refractivity contribution in [2.75, 3.05) is 19.6 Å². The quantitative estimate of drug-likeness (QED) is 0.685. The van der Waals surface area contributed by atoms with Gasteiger partial charge in [-0.05, 0) is 63.3 Å². The Balaban J connectivity index is 2.07. The third kappa shape index (κ3) is 5.08. The Hall–Kier alpha value is -0.390. The molecule has 0 radical (unpaired) electrons. The molecule has 0 aromatic heterocycles. The van der Waals surface area contributed by atoms with Crippen LogP contribution in [0.3, 0.4) is 0 Å². The number of quaternary nitrogens is 1. The first-order valence-electron chi connectivity index (χ1n) is 7.52. The summed E-state index contributed by atoms with van der Waals surface area (Å²) in [6.07, 6.45) is 4.87. The number of nitrogens with zero attached hydrogens (tertiary/aromatic N) is 1. The summed E-state index contributed by atoms with van der Waals surface area (Å²) < 4.78 is 3.20. The first-order valence-corrected chi connectivity index (χ1v) is 9.10. The fraction of sp³-hybridized carbons (Fsp3) is 0.562. The standard InChI is InChI=1S/C16H21Br2NO2/c17-14-7-6-13(11-15(14)18)12-19(8-2-1-3-9-19)10-4-5-16(20)21/h6-7,11H,1-5,8-10,12H2/p+1. The molecule has 116 valence electrons. The van der Waals surface area contributed by atoms with E-state index in [4.69, 9.17) is 5.11 Å². The first kappa shape index (κ1) is 17.0. The summed E-state index contributed by atoms with van der Waals surface area (Å²) in [7, 11) is 0. The molecule has 1 aromatic rings. The van der Waals surface area contributed by atoms with Crippen LogP contribution in [-0.4, -0.2) is 35.2 Å². The van der Waals surface area contributed by atoms with Crippen LogP contribution in [0, 0.1) is 0 Å². The number of piperidine rings is 1. The predicted molar refractivity (Wildman–Crippen MR) is 91.1 cm³/mol. The number of halogens is 2. The van der Waals surface area contributed by atoms with Crippen LogP contribution in [0.2, 0.25) is 0 Å². The number of hydrogen-bond donors (Lipinski definition) is 1. The van der Waals surface area contributed by atoms with Gasteiger partial charge in [-0.15, -0.1) is 0 Å². The summed E-state index contributed by atoms with van der Waals surface area (Å²) in [5, 5.41) is 8.87. The van der Waals surface area contributed by atoms with Gasteiger partial charge in [0.2, 0.25) is 0 Å². The summed E-state index contributed by atoms with van der Waals surface area (Å²) >= 11 is 7.08. The monoisotopic (exact) mass is 418 g/mol. The van der Waals surface area contributed by atoms with E-state index < -0.39 is 5.97 Å². The summed E-state index contributed by atoms with van der Waals surface area (Å²) in [6, 6.07) is 6.42. The molecule has 0 bridgehead atoms. The van der Waals surface area contributed by atoms with E-state index in [1.54, 1.807) is 0 Å². The molecule has 3 nitrogen and oxygen atoms in total. The van der Waals surface area contributed by atoms with Gasteiger partial charge in [-0.1, -0.05) is 6.07 Å². The van der Waals surface area contributed by atoms with Crippen LogP contribution < -0.4 is 0 Å². The van der Waals surface area contributed by atoms with Crippen LogP contribution >= 0.6 is 31.9 Å². The Bertz CT molecular complexity index is 499. The lowest BCUT2D eigenvalue weighted by molar-refractivity contribution is -0.945. The van der Waals surface area contributed by atoms with Gasteiger partial charge in [0, 0.05) is 20.9 Å². The molecule has 1 aliphatic heterocycles. The second-order valence-corrected chi connectivity index (χ2v) is 7.69. The normalized spacial score (nSPS) is 17.6. The van der Waals surface area contributed by atoms with Crippen LogP contribution in [0.4, 0.5) is 0 Å². The second-order valence-electron chi connectivity index (χ2n) is 5.98. The highest BCUT2D eigenvalue weighted by Crippen LogP contribution is 2.28. The zero-order valence-electron chi connectivity index (χ0n) is 12.2. The Kier molecular flexibility index (Phi) is 6.26. The maximum Gasteiger partial charge on any atom is 0.303 e. The van der Waals surface area contributed by atoms with E-state index in [1.165, 1.54) is 37.9 Å². The van der Waals surface area contributed by atoms with Crippen molar-refractivity contribution in [3.8, 4) is 0 Å². The SMILES string of the molecule is O=C(O)CCC[N+]1(Cc2ccc(Br)c(Br)c2)CCCCC1. The number of rotatable bonds is 6. The zero-order chi connectivity index (χ0) is 15.3. The maximum atomic E-state index is 10.8. The highest BCUT2D eigenvalue weighted by molar-refractivity contribution is 9.13. The zero-order valence-corrected chi connectivity index (χ0v) is 15.3.